The van der Waals surface area contributed by atoms with Gasteiger partial charge in [-0.05, 0) is 24.8 Å². The first-order chi connectivity index (χ1) is 10.9. The van der Waals surface area contributed by atoms with Crippen LogP contribution < -0.4 is 4.57 Å². The van der Waals surface area contributed by atoms with Crippen molar-refractivity contribution in [3.63, 3.8) is 0 Å². The quantitative estimate of drug-likeness (QED) is 0.423. The minimum atomic E-state index is 1.13. The van der Waals surface area contributed by atoms with Crippen molar-refractivity contribution in [1.82, 2.24) is 0 Å². The normalized spacial score (nSPS) is 10.8. The summed E-state index contributed by atoms with van der Waals surface area (Å²) in [4.78, 5) is 0. The molecule has 0 aliphatic carbocycles. The molecule has 0 saturated carbocycles. The third-order valence-electron chi connectivity index (χ3n) is 4.35. The first-order valence-electron chi connectivity index (χ1n) is 8.91. The number of benzene rings is 1. The Bertz CT molecular complexity index is 518. The Balaban J connectivity index is 1.51. The molecule has 1 nitrogen and oxygen atoms in total. The van der Waals surface area contributed by atoms with E-state index in [1.807, 2.05) is 0 Å². The third kappa shape index (κ3) is 6.01. The van der Waals surface area contributed by atoms with Gasteiger partial charge in [-0.1, -0.05) is 62.6 Å². The average molecular weight is 296 g/mol. The van der Waals surface area contributed by atoms with Crippen LogP contribution in [0.25, 0.3) is 0 Å². The fraction of sp³-hybridized carbons (Fsp3) is 0.476. The summed E-state index contributed by atoms with van der Waals surface area (Å²) in [6, 6.07) is 17.4. The van der Waals surface area contributed by atoms with Gasteiger partial charge in [-0.3, -0.25) is 0 Å². The van der Waals surface area contributed by atoms with Crippen molar-refractivity contribution >= 4 is 0 Å². The van der Waals surface area contributed by atoms with Crippen molar-refractivity contribution in [2.24, 2.45) is 0 Å². The molecule has 22 heavy (non-hydrogen) atoms. The predicted molar refractivity (Wildman–Crippen MR) is 93.9 cm³/mol. The zero-order valence-electron chi connectivity index (χ0n) is 14.0. The molecule has 0 aliphatic rings. The van der Waals surface area contributed by atoms with Crippen LogP contribution in [0.1, 0.15) is 56.7 Å². The number of unbranched alkanes of at least 4 members (excludes halogenated alkanes) is 5. The van der Waals surface area contributed by atoms with Gasteiger partial charge in [0, 0.05) is 25.0 Å². The van der Waals surface area contributed by atoms with Crippen molar-refractivity contribution in [3.8, 4) is 0 Å². The summed E-state index contributed by atoms with van der Waals surface area (Å²) in [6.07, 6.45) is 12.7. The molecule has 0 atom stereocenters. The largest absolute Gasteiger partial charge is 0.202 e. The van der Waals surface area contributed by atoms with E-state index >= 15 is 0 Å². The van der Waals surface area contributed by atoms with Crippen LogP contribution in [-0.2, 0) is 19.4 Å². The number of aromatic nitrogens is 1. The Labute approximate surface area is 136 Å². The standard InChI is InChI=1S/C21H30N/c1-2-21-17-11-13-19-22(21)18-12-6-4-3-5-8-14-20-15-9-7-10-16-20/h7,9-11,13,15-17,19H,2-6,8,12,14,18H2,1H3/q+1. The van der Waals surface area contributed by atoms with E-state index in [4.69, 9.17) is 0 Å². The van der Waals surface area contributed by atoms with Crippen molar-refractivity contribution in [2.75, 3.05) is 0 Å². The summed E-state index contributed by atoms with van der Waals surface area (Å²) in [6.45, 7) is 3.41. The third-order valence-corrected chi connectivity index (χ3v) is 4.35. The van der Waals surface area contributed by atoms with Gasteiger partial charge in [-0.2, -0.15) is 0 Å². The molecular formula is C21H30N+. The maximum Gasteiger partial charge on any atom is 0.181 e. The van der Waals surface area contributed by atoms with Gasteiger partial charge in [0.2, 0.25) is 0 Å². The lowest BCUT2D eigenvalue weighted by molar-refractivity contribution is -0.704. The van der Waals surface area contributed by atoms with Crippen LogP contribution in [-0.4, -0.2) is 0 Å². The molecule has 0 fully saturated rings. The molecule has 1 heterocycles. The Morgan fingerprint density at radius 2 is 1.41 bits per heavy atom. The molecule has 0 amide bonds. The molecule has 0 bridgehead atoms. The molecule has 1 heteroatoms. The highest BCUT2D eigenvalue weighted by atomic mass is 14.9. The summed E-state index contributed by atoms with van der Waals surface area (Å²) >= 11 is 0. The van der Waals surface area contributed by atoms with E-state index in [2.05, 4.69) is 66.2 Å². The maximum absolute atomic E-state index is 2.41. The van der Waals surface area contributed by atoms with Gasteiger partial charge in [0.1, 0.15) is 6.54 Å². The summed E-state index contributed by atoms with van der Waals surface area (Å²) < 4.78 is 2.41. The summed E-state index contributed by atoms with van der Waals surface area (Å²) in [5.74, 6) is 0. The van der Waals surface area contributed by atoms with Gasteiger partial charge in [-0.15, -0.1) is 0 Å². The molecule has 0 saturated heterocycles. The highest BCUT2D eigenvalue weighted by molar-refractivity contribution is 5.14. The van der Waals surface area contributed by atoms with E-state index in [9.17, 15) is 0 Å². The van der Waals surface area contributed by atoms with E-state index in [1.165, 1.54) is 62.7 Å². The smallest absolute Gasteiger partial charge is 0.181 e. The number of aryl methyl sites for hydroxylation is 3. The first kappa shape index (κ1) is 16.7. The molecule has 2 rings (SSSR count). The molecular weight excluding hydrogens is 266 g/mol. The van der Waals surface area contributed by atoms with Gasteiger partial charge < -0.3 is 0 Å². The summed E-state index contributed by atoms with van der Waals surface area (Å²) in [7, 11) is 0. The highest BCUT2D eigenvalue weighted by Crippen LogP contribution is 2.09. The van der Waals surface area contributed by atoms with Gasteiger partial charge in [0.05, 0.1) is 0 Å². The maximum atomic E-state index is 2.41. The second-order valence-corrected chi connectivity index (χ2v) is 6.10. The molecule has 1 aromatic carbocycles. The number of nitrogens with zero attached hydrogens (tertiary/aromatic N) is 1. The molecule has 0 N–H and O–H groups in total. The van der Waals surface area contributed by atoms with Gasteiger partial charge in [-0.25, -0.2) is 4.57 Å². The average Bonchev–Trinajstić information content (AvgIpc) is 2.58. The van der Waals surface area contributed by atoms with Crippen molar-refractivity contribution in [2.45, 2.75) is 64.8 Å². The molecule has 0 radical (unpaired) electrons. The van der Waals surface area contributed by atoms with E-state index < -0.39 is 0 Å². The van der Waals surface area contributed by atoms with E-state index in [1.54, 1.807) is 0 Å². The van der Waals surface area contributed by atoms with Crippen molar-refractivity contribution < 1.29 is 4.57 Å². The van der Waals surface area contributed by atoms with Crippen LogP contribution in [0, 0.1) is 0 Å². The lowest BCUT2D eigenvalue weighted by Crippen LogP contribution is -2.37. The number of pyridine rings is 1. The lowest BCUT2D eigenvalue weighted by atomic mass is 10.0. The van der Waals surface area contributed by atoms with Crippen LogP contribution in [0.5, 0.6) is 0 Å². The van der Waals surface area contributed by atoms with Gasteiger partial charge in [0.25, 0.3) is 0 Å². The molecule has 2 aromatic rings. The summed E-state index contributed by atoms with van der Waals surface area (Å²) in [5.41, 5.74) is 2.93. The second-order valence-electron chi connectivity index (χ2n) is 6.10. The van der Waals surface area contributed by atoms with Crippen molar-refractivity contribution in [1.29, 1.82) is 0 Å². The Morgan fingerprint density at radius 3 is 2.18 bits per heavy atom. The zero-order chi connectivity index (χ0) is 15.5. The highest BCUT2D eigenvalue weighted by Gasteiger charge is 2.06. The molecule has 1 aromatic heterocycles. The zero-order valence-corrected chi connectivity index (χ0v) is 14.0. The number of hydrogen-bond donors (Lipinski definition) is 0. The predicted octanol–water partition coefficient (Wildman–Crippen LogP) is 5.12. The van der Waals surface area contributed by atoms with Crippen LogP contribution in [0.4, 0.5) is 0 Å². The fourth-order valence-electron chi connectivity index (χ4n) is 3.01. The number of rotatable bonds is 10. The van der Waals surface area contributed by atoms with E-state index in [-0.39, 0.29) is 0 Å². The Hall–Kier alpha value is -1.63. The van der Waals surface area contributed by atoms with Crippen LogP contribution in [0.15, 0.2) is 54.7 Å². The van der Waals surface area contributed by atoms with Crippen LogP contribution in [0.3, 0.4) is 0 Å². The van der Waals surface area contributed by atoms with Crippen LogP contribution >= 0.6 is 0 Å². The molecule has 0 spiro atoms. The molecule has 0 aliphatic heterocycles. The van der Waals surface area contributed by atoms with Gasteiger partial charge in [0.15, 0.2) is 11.9 Å². The van der Waals surface area contributed by atoms with Crippen LogP contribution in [0.2, 0.25) is 0 Å². The SMILES string of the molecule is CCc1cccc[n+]1CCCCCCCCc1ccccc1. The second kappa shape index (κ2) is 10.2. The van der Waals surface area contributed by atoms with E-state index in [0.717, 1.165) is 6.42 Å². The number of hydrogen-bond acceptors (Lipinski definition) is 0. The molecule has 118 valence electrons. The van der Waals surface area contributed by atoms with Crippen molar-refractivity contribution in [3.05, 3.63) is 66.0 Å². The topological polar surface area (TPSA) is 3.88 Å². The fourth-order valence-corrected chi connectivity index (χ4v) is 3.01. The minimum absolute atomic E-state index is 1.13. The minimum Gasteiger partial charge on any atom is -0.202 e. The Morgan fingerprint density at radius 1 is 0.727 bits per heavy atom. The monoisotopic (exact) mass is 296 g/mol. The van der Waals surface area contributed by atoms with E-state index in [0.29, 0.717) is 0 Å². The molecule has 0 unspecified atom stereocenters. The Kier molecular flexibility index (Phi) is 7.73. The first-order valence-corrected chi connectivity index (χ1v) is 8.91. The summed E-state index contributed by atoms with van der Waals surface area (Å²) in [5, 5.41) is 0. The lowest BCUT2D eigenvalue weighted by Gasteiger charge is -2.03. The van der Waals surface area contributed by atoms with Gasteiger partial charge >= 0.3 is 0 Å².